The lowest BCUT2D eigenvalue weighted by Crippen LogP contribution is -2.45. The number of ether oxygens (including phenoxy) is 1. The van der Waals surface area contributed by atoms with Gasteiger partial charge in [-0.15, -0.1) is 0 Å². The summed E-state index contributed by atoms with van der Waals surface area (Å²) in [5, 5.41) is 0. The molecule has 98 valence electrons. The average Bonchev–Trinajstić information content (AvgIpc) is 2.77. The van der Waals surface area contributed by atoms with Gasteiger partial charge in [0, 0.05) is 13.1 Å². The van der Waals surface area contributed by atoms with E-state index in [1.807, 2.05) is 0 Å². The molecular weight excluding hydrogens is 216 g/mol. The molecule has 2 aliphatic rings. The third-order valence-electron chi connectivity index (χ3n) is 3.95. The zero-order chi connectivity index (χ0) is 12.1. The molecular formula is C13H24N2O2. The van der Waals surface area contributed by atoms with Gasteiger partial charge >= 0.3 is 6.09 Å². The van der Waals surface area contributed by atoms with Crippen LogP contribution in [-0.4, -0.2) is 36.2 Å². The zero-order valence-electron chi connectivity index (χ0n) is 10.6. The molecule has 1 heterocycles. The molecule has 0 bridgehead atoms. The van der Waals surface area contributed by atoms with Crippen molar-refractivity contribution in [3.8, 4) is 0 Å². The maximum absolute atomic E-state index is 11.8. The summed E-state index contributed by atoms with van der Waals surface area (Å²) in [5.41, 5.74) is 6.04. The molecule has 1 saturated carbocycles. The van der Waals surface area contributed by atoms with Crippen LogP contribution in [0.2, 0.25) is 0 Å². The molecule has 1 amide bonds. The molecule has 0 aromatic rings. The highest BCUT2D eigenvalue weighted by Crippen LogP contribution is 2.25. The van der Waals surface area contributed by atoms with E-state index in [1.54, 1.807) is 4.90 Å². The Morgan fingerprint density at radius 1 is 1.06 bits per heavy atom. The second kappa shape index (κ2) is 5.71. The number of nitrogens with two attached hydrogens (primary N) is 1. The van der Waals surface area contributed by atoms with Crippen LogP contribution in [0.4, 0.5) is 4.79 Å². The molecule has 4 heteroatoms. The summed E-state index contributed by atoms with van der Waals surface area (Å²) in [6.07, 6.45) is 8.86. The van der Waals surface area contributed by atoms with Gasteiger partial charge in [0.25, 0.3) is 0 Å². The lowest BCUT2D eigenvalue weighted by atomic mass is 9.93. The maximum atomic E-state index is 11.8. The fraction of sp³-hybridized carbons (Fsp3) is 0.923. The van der Waals surface area contributed by atoms with Gasteiger partial charge in [0.15, 0.2) is 0 Å². The lowest BCUT2D eigenvalue weighted by molar-refractivity contribution is 0.0823. The van der Waals surface area contributed by atoms with Crippen LogP contribution in [0.1, 0.15) is 51.4 Å². The zero-order valence-corrected chi connectivity index (χ0v) is 10.6. The second-order valence-corrected chi connectivity index (χ2v) is 5.53. The van der Waals surface area contributed by atoms with Gasteiger partial charge in [-0.1, -0.05) is 25.7 Å². The van der Waals surface area contributed by atoms with Crippen LogP contribution in [0.5, 0.6) is 0 Å². The molecule has 0 unspecified atom stereocenters. The Morgan fingerprint density at radius 2 is 1.65 bits per heavy atom. The minimum atomic E-state index is -0.272. The molecule has 1 aliphatic heterocycles. The van der Waals surface area contributed by atoms with Crippen LogP contribution in [0, 0.1) is 0 Å². The molecule has 0 aromatic carbocycles. The Hall–Kier alpha value is -0.770. The summed E-state index contributed by atoms with van der Waals surface area (Å²) in [6.45, 7) is 2.08. The molecule has 0 spiro atoms. The number of amides is 1. The lowest BCUT2D eigenvalue weighted by Gasteiger charge is -2.28. The third kappa shape index (κ3) is 3.60. The molecule has 17 heavy (non-hydrogen) atoms. The van der Waals surface area contributed by atoms with Crippen molar-refractivity contribution in [1.82, 2.24) is 4.90 Å². The van der Waals surface area contributed by atoms with Crippen molar-refractivity contribution in [2.24, 2.45) is 5.73 Å². The highest BCUT2D eigenvalue weighted by Gasteiger charge is 2.29. The fourth-order valence-electron chi connectivity index (χ4n) is 2.77. The number of nitrogens with zero attached hydrogens (tertiary/aromatic N) is 1. The van der Waals surface area contributed by atoms with Gasteiger partial charge in [-0.25, -0.2) is 4.79 Å². The van der Waals surface area contributed by atoms with E-state index in [0.717, 1.165) is 51.6 Å². The van der Waals surface area contributed by atoms with Crippen molar-refractivity contribution in [2.75, 3.05) is 19.7 Å². The summed E-state index contributed by atoms with van der Waals surface area (Å²) in [5.74, 6) is 0. The summed E-state index contributed by atoms with van der Waals surface area (Å²) in [6, 6.07) is 0. The fourth-order valence-corrected chi connectivity index (χ4v) is 2.77. The first-order valence-electron chi connectivity index (χ1n) is 6.90. The van der Waals surface area contributed by atoms with Gasteiger partial charge in [0.1, 0.15) is 6.61 Å². The van der Waals surface area contributed by atoms with Crippen molar-refractivity contribution in [2.45, 2.75) is 56.9 Å². The van der Waals surface area contributed by atoms with Gasteiger partial charge in [-0.3, -0.25) is 0 Å². The smallest absolute Gasteiger partial charge is 0.409 e. The highest BCUT2D eigenvalue weighted by molar-refractivity contribution is 5.67. The minimum absolute atomic E-state index is 0.170. The Morgan fingerprint density at radius 3 is 2.24 bits per heavy atom. The van der Waals surface area contributed by atoms with Crippen LogP contribution < -0.4 is 5.73 Å². The Balaban J connectivity index is 1.77. The SMILES string of the molecule is NC1(COC(=O)N2CCCC2)CCCCCC1. The van der Waals surface area contributed by atoms with E-state index in [2.05, 4.69) is 0 Å². The molecule has 2 fully saturated rings. The molecule has 1 saturated heterocycles. The topological polar surface area (TPSA) is 55.6 Å². The molecule has 2 N–H and O–H groups in total. The molecule has 1 aliphatic carbocycles. The summed E-state index contributed by atoms with van der Waals surface area (Å²) in [4.78, 5) is 13.6. The van der Waals surface area contributed by atoms with E-state index in [0.29, 0.717) is 6.61 Å². The van der Waals surface area contributed by atoms with Crippen LogP contribution in [-0.2, 0) is 4.74 Å². The van der Waals surface area contributed by atoms with Crippen molar-refractivity contribution in [1.29, 1.82) is 0 Å². The number of hydrogen-bond donors (Lipinski definition) is 1. The molecule has 0 atom stereocenters. The van der Waals surface area contributed by atoms with Crippen LogP contribution in [0.3, 0.4) is 0 Å². The first kappa shape index (κ1) is 12.7. The largest absolute Gasteiger partial charge is 0.447 e. The first-order valence-corrected chi connectivity index (χ1v) is 6.90. The molecule has 0 aromatic heterocycles. The second-order valence-electron chi connectivity index (χ2n) is 5.53. The van der Waals surface area contributed by atoms with Crippen LogP contribution in [0.25, 0.3) is 0 Å². The number of likely N-dealkylation sites (tertiary alicyclic amines) is 1. The van der Waals surface area contributed by atoms with E-state index in [-0.39, 0.29) is 11.6 Å². The maximum Gasteiger partial charge on any atom is 0.409 e. The first-order chi connectivity index (χ1) is 8.20. The number of carbonyl (C=O) groups excluding carboxylic acids is 1. The predicted octanol–water partition coefficient (Wildman–Crippen LogP) is 2.27. The number of hydrogen-bond acceptors (Lipinski definition) is 3. The van der Waals surface area contributed by atoms with Gasteiger partial charge in [-0.05, 0) is 25.7 Å². The number of carbonyl (C=O) groups is 1. The number of rotatable bonds is 2. The van der Waals surface area contributed by atoms with Gasteiger partial charge in [0.05, 0.1) is 5.54 Å². The molecule has 4 nitrogen and oxygen atoms in total. The Labute approximate surface area is 103 Å². The van der Waals surface area contributed by atoms with Gasteiger partial charge in [-0.2, -0.15) is 0 Å². The van der Waals surface area contributed by atoms with Gasteiger partial charge in [0.2, 0.25) is 0 Å². The summed E-state index contributed by atoms with van der Waals surface area (Å²) >= 11 is 0. The van der Waals surface area contributed by atoms with E-state index < -0.39 is 0 Å². The molecule has 2 rings (SSSR count). The van der Waals surface area contributed by atoms with Crippen molar-refractivity contribution < 1.29 is 9.53 Å². The summed E-state index contributed by atoms with van der Waals surface area (Å²) < 4.78 is 5.39. The van der Waals surface area contributed by atoms with Crippen molar-refractivity contribution >= 4 is 6.09 Å². The third-order valence-corrected chi connectivity index (χ3v) is 3.95. The highest BCUT2D eigenvalue weighted by atomic mass is 16.6. The van der Waals surface area contributed by atoms with Crippen LogP contribution in [0.15, 0.2) is 0 Å². The average molecular weight is 240 g/mol. The Kier molecular flexibility index (Phi) is 4.26. The minimum Gasteiger partial charge on any atom is -0.447 e. The van der Waals surface area contributed by atoms with Crippen molar-refractivity contribution in [3.05, 3.63) is 0 Å². The van der Waals surface area contributed by atoms with Gasteiger partial charge < -0.3 is 15.4 Å². The quantitative estimate of drug-likeness (QED) is 0.753. The van der Waals surface area contributed by atoms with E-state index >= 15 is 0 Å². The standard InChI is InChI=1S/C13H24N2O2/c14-13(7-3-1-2-4-8-13)11-17-12(16)15-9-5-6-10-15/h1-11,14H2. The Bertz CT molecular complexity index is 254. The summed E-state index contributed by atoms with van der Waals surface area (Å²) in [7, 11) is 0. The predicted molar refractivity (Wildman–Crippen MR) is 66.8 cm³/mol. The van der Waals surface area contributed by atoms with E-state index in [9.17, 15) is 4.79 Å². The van der Waals surface area contributed by atoms with Crippen molar-refractivity contribution in [3.63, 3.8) is 0 Å². The molecule has 0 radical (unpaired) electrons. The van der Waals surface area contributed by atoms with E-state index in [1.165, 1.54) is 12.8 Å². The van der Waals surface area contributed by atoms with Crippen LogP contribution >= 0.6 is 0 Å². The normalized spacial score (nSPS) is 24.4. The monoisotopic (exact) mass is 240 g/mol. The van der Waals surface area contributed by atoms with E-state index in [4.69, 9.17) is 10.5 Å².